The van der Waals surface area contributed by atoms with Gasteiger partial charge in [-0.25, -0.2) is 0 Å². The highest BCUT2D eigenvalue weighted by Gasteiger charge is 2.56. The van der Waals surface area contributed by atoms with Crippen LogP contribution in [0.25, 0.3) is 6.08 Å². The van der Waals surface area contributed by atoms with Crippen LogP contribution in [0.5, 0.6) is 11.5 Å². The van der Waals surface area contributed by atoms with Crippen molar-refractivity contribution in [2.75, 3.05) is 20.8 Å². The Morgan fingerprint density at radius 1 is 1.26 bits per heavy atom. The van der Waals surface area contributed by atoms with Crippen LogP contribution in [-0.2, 0) is 14.3 Å². The van der Waals surface area contributed by atoms with Gasteiger partial charge in [-0.2, -0.15) is 0 Å². The molecular weight excluding hydrogens is 557 g/mol. The zero-order valence-electron chi connectivity index (χ0n) is 21.3. The number of halogens is 1. The lowest BCUT2D eigenvalue weighted by Crippen LogP contribution is -2.34. The van der Waals surface area contributed by atoms with Crippen molar-refractivity contribution in [3.05, 3.63) is 38.0 Å². The summed E-state index contributed by atoms with van der Waals surface area (Å²) in [6, 6.07) is 3.84. The maximum absolute atomic E-state index is 12.9. The number of carbonyl (C=O) groups excluding carboxylic acids is 2. The number of phenols is 1. The van der Waals surface area contributed by atoms with E-state index in [1.807, 2.05) is 12.1 Å². The second-order valence-electron chi connectivity index (χ2n) is 10.3. The zero-order chi connectivity index (χ0) is 25.4. The van der Waals surface area contributed by atoms with Crippen molar-refractivity contribution in [1.82, 2.24) is 4.90 Å². The van der Waals surface area contributed by atoms with Crippen molar-refractivity contribution >= 4 is 40.5 Å². The lowest BCUT2D eigenvalue weighted by atomic mass is 9.67. The van der Waals surface area contributed by atoms with Gasteiger partial charge in [-0.05, 0) is 77.5 Å². The van der Waals surface area contributed by atoms with Gasteiger partial charge >= 0.3 is 0 Å². The summed E-state index contributed by atoms with van der Waals surface area (Å²) < 4.78 is 12.4. The van der Waals surface area contributed by atoms with Gasteiger partial charge in [0.2, 0.25) is 11.8 Å². The molecule has 0 saturated carbocycles. The van der Waals surface area contributed by atoms with Gasteiger partial charge in [0.25, 0.3) is 0 Å². The molecule has 6 nitrogen and oxygen atoms in total. The van der Waals surface area contributed by atoms with Crippen LogP contribution in [0.2, 0.25) is 0 Å². The first-order valence-electron chi connectivity index (χ1n) is 12.6. The molecule has 35 heavy (non-hydrogen) atoms. The minimum absolute atomic E-state index is 0.0121. The average Bonchev–Trinajstić information content (AvgIpc) is 3.34. The molecule has 1 aliphatic carbocycles. The molecule has 3 aliphatic rings. The second-order valence-corrected chi connectivity index (χ2v) is 11.4. The van der Waals surface area contributed by atoms with E-state index in [1.54, 1.807) is 14.2 Å². The lowest BCUT2D eigenvalue weighted by Gasteiger charge is -2.33. The van der Waals surface area contributed by atoms with Gasteiger partial charge in [0, 0.05) is 13.0 Å². The summed E-state index contributed by atoms with van der Waals surface area (Å²) in [5, 5.41) is 10.2. The van der Waals surface area contributed by atoms with Crippen molar-refractivity contribution in [3.8, 4) is 11.5 Å². The highest BCUT2D eigenvalue weighted by atomic mass is 127. The minimum Gasteiger partial charge on any atom is -0.504 e. The first kappa shape index (κ1) is 26.2. The Kier molecular flexibility index (Phi) is 7.95. The molecular formula is C28H36INO5. The van der Waals surface area contributed by atoms with Gasteiger partial charge < -0.3 is 14.6 Å². The Hall–Kier alpha value is -1.87. The fourth-order valence-electron chi connectivity index (χ4n) is 6.09. The molecule has 0 radical (unpaired) electrons. The monoisotopic (exact) mass is 593 g/mol. The summed E-state index contributed by atoms with van der Waals surface area (Å²) in [4.78, 5) is 27.0. The molecule has 2 saturated heterocycles. The number of amides is 2. The van der Waals surface area contributed by atoms with Gasteiger partial charge in [-0.15, -0.1) is 0 Å². The van der Waals surface area contributed by atoms with Gasteiger partial charge in [0.1, 0.15) is 0 Å². The highest BCUT2D eigenvalue weighted by Crippen LogP contribution is 2.51. The number of rotatable bonds is 8. The molecule has 0 unspecified atom stereocenters. The van der Waals surface area contributed by atoms with E-state index < -0.39 is 0 Å². The molecule has 2 aliphatic heterocycles. The fraction of sp³-hybridized carbons (Fsp3) is 0.571. The number of hydrogen-bond donors (Lipinski definition) is 1. The van der Waals surface area contributed by atoms with E-state index in [-0.39, 0.29) is 41.4 Å². The maximum Gasteiger partial charge on any atom is 0.233 e. The van der Waals surface area contributed by atoms with Crippen LogP contribution in [-0.4, -0.2) is 48.7 Å². The number of likely N-dealkylation sites (tertiary alicyclic amines) is 1. The molecule has 0 aromatic heterocycles. The minimum atomic E-state index is -0.271. The normalized spacial score (nSPS) is 26.6. The number of allylic oxidation sites excluding steroid dienone is 2. The third-order valence-corrected chi connectivity index (χ3v) is 8.62. The highest BCUT2D eigenvalue weighted by molar-refractivity contribution is 14.1. The number of carbonyl (C=O) groups is 2. The molecule has 190 valence electrons. The molecule has 4 rings (SSSR count). The third kappa shape index (κ3) is 4.90. The maximum atomic E-state index is 12.9. The first-order chi connectivity index (χ1) is 16.7. The molecule has 2 heterocycles. The van der Waals surface area contributed by atoms with Gasteiger partial charge in [-0.1, -0.05) is 44.4 Å². The van der Waals surface area contributed by atoms with Crippen molar-refractivity contribution < 1.29 is 24.2 Å². The first-order valence-corrected chi connectivity index (χ1v) is 13.7. The van der Waals surface area contributed by atoms with E-state index in [9.17, 15) is 14.7 Å². The number of aromatic hydroxyl groups is 1. The second kappa shape index (κ2) is 10.6. The molecule has 0 bridgehead atoms. The average molecular weight is 594 g/mol. The largest absolute Gasteiger partial charge is 0.504 e. The van der Waals surface area contributed by atoms with Crippen molar-refractivity contribution in [3.63, 3.8) is 0 Å². The SMILES string of the molecule is CCC/C(=C\c1cc(I)c(O)c(OC)c1)CC[C@H]1OC[C@H]2C1=C(C(C)C)C[C@H]1C(=O)N(C)C(=O)[C@H]12. The van der Waals surface area contributed by atoms with E-state index in [2.05, 4.69) is 49.4 Å². The predicted molar refractivity (Wildman–Crippen MR) is 144 cm³/mol. The fourth-order valence-corrected chi connectivity index (χ4v) is 6.72. The molecule has 1 N–H and O–H groups in total. The lowest BCUT2D eigenvalue weighted by molar-refractivity contribution is -0.138. The number of phenolic OH excluding ortho intramolecular Hbond substituents is 1. The molecule has 4 atom stereocenters. The zero-order valence-corrected chi connectivity index (χ0v) is 23.4. The van der Waals surface area contributed by atoms with Crippen molar-refractivity contribution in [2.45, 2.75) is 59.0 Å². The standard InChI is InChI=1S/C28H36INO5/c1-6-7-16(10-17-11-21(29)26(31)23(12-17)34-5)8-9-22-24-18(15(2)3)13-19-25(20(24)14-35-22)28(33)30(4)27(19)32/h10-12,15,19-20,22,25,31H,6-9,13-14H2,1-5H3/b16-10+/t19-,20+,22-,25-/m1/s1. The topological polar surface area (TPSA) is 76.1 Å². The van der Waals surface area contributed by atoms with Crippen LogP contribution < -0.4 is 4.74 Å². The number of imide groups is 1. The summed E-state index contributed by atoms with van der Waals surface area (Å²) >= 11 is 2.12. The summed E-state index contributed by atoms with van der Waals surface area (Å²) in [6.45, 7) is 7.06. The summed E-state index contributed by atoms with van der Waals surface area (Å²) in [6.07, 6.45) is 6.63. The van der Waals surface area contributed by atoms with Crippen LogP contribution in [0.15, 0.2) is 28.9 Å². The Balaban J connectivity index is 1.58. The molecule has 2 amide bonds. The van der Waals surface area contributed by atoms with Gasteiger partial charge in [0.05, 0.1) is 35.2 Å². The number of benzene rings is 1. The summed E-state index contributed by atoms with van der Waals surface area (Å²) in [7, 11) is 3.18. The quantitative estimate of drug-likeness (QED) is 0.242. The van der Waals surface area contributed by atoms with Gasteiger partial charge in [0.15, 0.2) is 11.5 Å². The third-order valence-electron chi connectivity index (χ3n) is 7.80. The summed E-state index contributed by atoms with van der Waals surface area (Å²) in [5.74, 6) is 0.399. The molecule has 1 aromatic rings. The number of methoxy groups -OCH3 is 1. The Bertz CT molecular complexity index is 1080. The molecule has 1 aromatic carbocycles. The van der Waals surface area contributed by atoms with Crippen LogP contribution >= 0.6 is 22.6 Å². The summed E-state index contributed by atoms with van der Waals surface area (Å²) in [5.41, 5.74) is 4.94. The van der Waals surface area contributed by atoms with Crippen molar-refractivity contribution in [1.29, 1.82) is 0 Å². The van der Waals surface area contributed by atoms with E-state index >= 15 is 0 Å². The number of nitrogens with zero attached hydrogens (tertiary/aromatic N) is 1. The Labute approximate surface area is 221 Å². The van der Waals surface area contributed by atoms with Crippen LogP contribution in [0.3, 0.4) is 0 Å². The van der Waals surface area contributed by atoms with Crippen LogP contribution in [0.4, 0.5) is 0 Å². The molecule has 2 fully saturated rings. The number of hydrogen-bond acceptors (Lipinski definition) is 5. The molecule has 0 spiro atoms. The van der Waals surface area contributed by atoms with Gasteiger partial charge in [-0.3, -0.25) is 14.5 Å². The number of ether oxygens (including phenoxy) is 2. The van der Waals surface area contributed by atoms with E-state index in [0.29, 0.717) is 24.7 Å². The van der Waals surface area contributed by atoms with Crippen LogP contribution in [0, 0.1) is 27.2 Å². The number of fused-ring (bicyclic) bond motifs is 3. The molecule has 7 heteroatoms. The predicted octanol–water partition coefficient (Wildman–Crippen LogP) is 5.57. The smallest absolute Gasteiger partial charge is 0.233 e. The van der Waals surface area contributed by atoms with Crippen LogP contribution in [0.1, 0.15) is 58.4 Å². The van der Waals surface area contributed by atoms with E-state index in [0.717, 1.165) is 34.8 Å². The van der Waals surface area contributed by atoms with E-state index in [1.165, 1.54) is 21.6 Å². The Morgan fingerprint density at radius 3 is 2.66 bits per heavy atom. The van der Waals surface area contributed by atoms with Crippen molar-refractivity contribution in [2.24, 2.45) is 23.7 Å². The Morgan fingerprint density at radius 2 is 2.00 bits per heavy atom. The van der Waals surface area contributed by atoms with E-state index in [4.69, 9.17) is 9.47 Å².